The topological polar surface area (TPSA) is 73.2 Å². The molecule has 1 saturated carbocycles. The van der Waals surface area contributed by atoms with Gasteiger partial charge in [0.15, 0.2) is 5.16 Å². The zero-order chi connectivity index (χ0) is 22.7. The number of nitrogens with one attached hydrogen (secondary N) is 1. The van der Waals surface area contributed by atoms with Crippen LogP contribution in [0.3, 0.4) is 0 Å². The van der Waals surface area contributed by atoms with Crippen molar-refractivity contribution in [3.05, 3.63) is 58.9 Å². The number of rotatable bonds is 6. The predicted octanol–water partition coefficient (Wildman–Crippen LogP) is 4.43. The van der Waals surface area contributed by atoms with E-state index in [0.717, 1.165) is 12.8 Å². The van der Waals surface area contributed by atoms with Crippen molar-refractivity contribution in [2.24, 2.45) is 11.8 Å². The average Bonchev–Trinajstić information content (AvgIpc) is 2.81. The molecule has 3 aromatic rings. The van der Waals surface area contributed by atoms with Crippen LogP contribution in [0.25, 0.3) is 16.6 Å². The van der Waals surface area contributed by atoms with E-state index in [1.807, 2.05) is 36.4 Å². The smallest absolute Gasteiger partial charge is 0.266 e. The zero-order valence-corrected chi connectivity index (χ0v) is 19.5. The number of benzene rings is 2. The van der Waals surface area contributed by atoms with Crippen molar-refractivity contribution in [1.82, 2.24) is 14.9 Å². The number of hydrogen-bond donors (Lipinski definition) is 1. The van der Waals surface area contributed by atoms with Crippen LogP contribution in [0, 0.1) is 11.8 Å². The fraction of sp³-hybridized carbons (Fsp3) is 0.400. The highest BCUT2D eigenvalue weighted by Crippen LogP contribution is 2.30. The van der Waals surface area contributed by atoms with E-state index in [1.54, 1.807) is 23.8 Å². The van der Waals surface area contributed by atoms with Gasteiger partial charge in [0.2, 0.25) is 5.91 Å². The minimum atomic E-state index is -0.165. The van der Waals surface area contributed by atoms with Gasteiger partial charge >= 0.3 is 0 Å². The first-order chi connectivity index (χ1) is 15.5. The minimum Gasteiger partial charge on any atom is -0.497 e. The molecule has 0 radical (unpaired) electrons. The summed E-state index contributed by atoms with van der Waals surface area (Å²) in [6.07, 6.45) is 3.38. The molecule has 1 N–H and O–H groups in total. The average molecular weight is 452 g/mol. The van der Waals surface area contributed by atoms with Gasteiger partial charge in [-0.3, -0.25) is 14.2 Å². The van der Waals surface area contributed by atoms with E-state index in [1.165, 1.54) is 18.2 Å². The number of carbonyl (C=O) groups excluding carboxylic acids is 1. The second-order valence-electron chi connectivity index (χ2n) is 8.48. The van der Waals surface area contributed by atoms with Crippen LogP contribution < -0.4 is 15.6 Å². The third-order valence-electron chi connectivity index (χ3n) is 6.44. The molecule has 0 saturated heterocycles. The molecule has 32 heavy (non-hydrogen) atoms. The van der Waals surface area contributed by atoms with E-state index in [2.05, 4.69) is 19.2 Å². The number of aromatic nitrogens is 2. The monoisotopic (exact) mass is 451 g/mol. The summed E-state index contributed by atoms with van der Waals surface area (Å²) in [5.74, 6) is 1.90. The van der Waals surface area contributed by atoms with Gasteiger partial charge in [-0.1, -0.05) is 56.7 Å². The van der Waals surface area contributed by atoms with Crippen LogP contribution in [-0.2, 0) is 4.79 Å². The van der Waals surface area contributed by atoms with Crippen LogP contribution in [-0.4, -0.2) is 34.4 Å². The Hall–Kier alpha value is -2.80. The molecule has 0 spiro atoms. The Balaban J connectivity index is 1.62. The largest absolute Gasteiger partial charge is 0.497 e. The summed E-state index contributed by atoms with van der Waals surface area (Å²) in [5.41, 5.74) is 1.11. The first-order valence-electron chi connectivity index (χ1n) is 11.1. The first-order valence-corrected chi connectivity index (χ1v) is 12.0. The van der Waals surface area contributed by atoms with E-state index < -0.39 is 0 Å². The summed E-state index contributed by atoms with van der Waals surface area (Å²) in [4.78, 5) is 30.8. The Morgan fingerprint density at radius 1 is 1.19 bits per heavy atom. The van der Waals surface area contributed by atoms with Crippen molar-refractivity contribution < 1.29 is 9.53 Å². The van der Waals surface area contributed by atoms with Crippen LogP contribution in [0.15, 0.2) is 58.5 Å². The lowest BCUT2D eigenvalue weighted by molar-refractivity contribution is -0.120. The Bertz CT molecular complexity index is 1180. The van der Waals surface area contributed by atoms with Crippen LogP contribution in [0.2, 0.25) is 0 Å². The maximum atomic E-state index is 13.4. The van der Waals surface area contributed by atoms with Gasteiger partial charge in [-0.15, -0.1) is 0 Å². The lowest BCUT2D eigenvalue weighted by atomic mass is 9.78. The number of carbonyl (C=O) groups is 1. The summed E-state index contributed by atoms with van der Waals surface area (Å²) in [6.45, 7) is 4.47. The van der Waals surface area contributed by atoms with E-state index >= 15 is 0 Å². The Labute approximate surface area is 192 Å². The maximum absolute atomic E-state index is 13.4. The number of thioether (sulfide) groups is 1. The number of hydrogen-bond acceptors (Lipinski definition) is 5. The molecule has 168 valence electrons. The molecular weight excluding hydrogens is 422 g/mol. The Morgan fingerprint density at radius 3 is 2.81 bits per heavy atom. The highest BCUT2D eigenvalue weighted by molar-refractivity contribution is 7.99. The van der Waals surface area contributed by atoms with Gasteiger partial charge in [-0.05, 0) is 42.5 Å². The standard InChI is InChI=1S/C25H29N3O3S/c1-16-8-6-13-21(17(16)2)26-23(29)15-32-25-27-22-12-5-4-11-20(22)24(30)28(25)18-9-7-10-19(14-18)31-3/h4-5,7,9-12,14,16-17,21H,6,8,13,15H2,1-3H3,(H,26,29)/t16-,17+,21-/m1/s1. The second-order valence-corrected chi connectivity index (χ2v) is 9.43. The number of methoxy groups -OCH3 is 1. The van der Waals surface area contributed by atoms with Gasteiger partial charge in [0.05, 0.1) is 29.5 Å². The number of ether oxygens (including phenoxy) is 1. The molecule has 1 aromatic heterocycles. The van der Waals surface area contributed by atoms with Crippen molar-refractivity contribution in [2.75, 3.05) is 12.9 Å². The van der Waals surface area contributed by atoms with Gasteiger partial charge in [0, 0.05) is 12.1 Å². The van der Waals surface area contributed by atoms with Crippen molar-refractivity contribution >= 4 is 28.6 Å². The molecule has 3 atom stereocenters. The van der Waals surface area contributed by atoms with E-state index in [4.69, 9.17) is 9.72 Å². The molecule has 1 heterocycles. The van der Waals surface area contributed by atoms with Crippen LogP contribution in [0.4, 0.5) is 0 Å². The molecule has 2 aromatic carbocycles. The molecule has 7 heteroatoms. The van der Waals surface area contributed by atoms with E-state index in [9.17, 15) is 9.59 Å². The number of nitrogens with zero attached hydrogens (tertiary/aromatic N) is 2. The Kier molecular flexibility index (Phi) is 6.84. The van der Waals surface area contributed by atoms with Crippen molar-refractivity contribution in [3.8, 4) is 11.4 Å². The molecular formula is C25H29N3O3S. The normalized spacial score (nSPS) is 20.8. The number of amides is 1. The SMILES string of the molecule is COc1cccc(-n2c(SCC(=O)N[C@@H]3CCC[C@@H](C)[C@@H]3C)nc3ccccc3c2=O)c1. The van der Waals surface area contributed by atoms with E-state index in [-0.39, 0.29) is 23.3 Å². The molecule has 0 bridgehead atoms. The summed E-state index contributed by atoms with van der Waals surface area (Å²) < 4.78 is 6.90. The van der Waals surface area contributed by atoms with E-state index in [0.29, 0.717) is 39.3 Å². The van der Waals surface area contributed by atoms with Gasteiger partial charge in [-0.25, -0.2) is 4.98 Å². The Morgan fingerprint density at radius 2 is 2.00 bits per heavy atom. The molecule has 1 fully saturated rings. The molecule has 6 nitrogen and oxygen atoms in total. The highest BCUT2D eigenvalue weighted by Gasteiger charge is 2.28. The second kappa shape index (κ2) is 9.77. The highest BCUT2D eigenvalue weighted by atomic mass is 32.2. The summed E-state index contributed by atoms with van der Waals surface area (Å²) >= 11 is 1.28. The summed E-state index contributed by atoms with van der Waals surface area (Å²) in [5, 5.41) is 4.23. The zero-order valence-electron chi connectivity index (χ0n) is 18.7. The van der Waals surface area contributed by atoms with Crippen LogP contribution in [0.1, 0.15) is 33.1 Å². The molecule has 0 aliphatic heterocycles. The van der Waals surface area contributed by atoms with Crippen molar-refractivity contribution in [3.63, 3.8) is 0 Å². The molecule has 1 amide bonds. The molecule has 0 unspecified atom stereocenters. The van der Waals surface area contributed by atoms with Gasteiger partial charge in [0.25, 0.3) is 5.56 Å². The molecule has 1 aliphatic carbocycles. The van der Waals surface area contributed by atoms with Crippen LogP contribution >= 0.6 is 11.8 Å². The number of fused-ring (bicyclic) bond motifs is 1. The quantitative estimate of drug-likeness (QED) is 0.443. The predicted molar refractivity (Wildman–Crippen MR) is 129 cm³/mol. The fourth-order valence-corrected chi connectivity index (χ4v) is 5.17. The van der Waals surface area contributed by atoms with Crippen molar-refractivity contribution in [1.29, 1.82) is 0 Å². The van der Waals surface area contributed by atoms with Gasteiger partial charge in [-0.2, -0.15) is 0 Å². The summed E-state index contributed by atoms with van der Waals surface area (Å²) in [7, 11) is 1.59. The number of para-hydroxylation sites is 1. The molecule has 4 rings (SSSR count). The third kappa shape index (κ3) is 4.67. The van der Waals surface area contributed by atoms with Crippen molar-refractivity contribution in [2.45, 2.75) is 44.3 Å². The summed E-state index contributed by atoms with van der Waals surface area (Å²) in [6, 6.07) is 14.8. The minimum absolute atomic E-state index is 0.0273. The van der Waals surface area contributed by atoms with Gasteiger partial charge < -0.3 is 10.1 Å². The first kappa shape index (κ1) is 22.4. The third-order valence-corrected chi connectivity index (χ3v) is 7.38. The van der Waals surface area contributed by atoms with Crippen LogP contribution in [0.5, 0.6) is 5.75 Å². The lowest BCUT2D eigenvalue weighted by Gasteiger charge is -2.34. The maximum Gasteiger partial charge on any atom is 0.266 e. The molecule has 1 aliphatic rings. The van der Waals surface area contributed by atoms with Gasteiger partial charge in [0.1, 0.15) is 5.75 Å². The lowest BCUT2D eigenvalue weighted by Crippen LogP contribution is -2.44. The fourth-order valence-electron chi connectivity index (χ4n) is 4.35.